The molecule has 1 fully saturated rings. The van der Waals surface area contributed by atoms with Crippen molar-refractivity contribution in [3.8, 4) is 0 Å². The van der Waals surface area contributed by atoms with Gasteiger partial charge in [-0.25, -0.2) is 5.06 Å². The zero-order valence-electron chi connectivity index (χ0n) is 9.34. The van der Waals surface area contributed by atoms with E-state index in [4.69, 9.17) is 4.84 Å². The lowest BCUT2D eigenvalue weighted by Crippen LogP contribution is -2.38. The summed E-state index contributed by atoms with van der Waals surface area (Å²) in [6.07, 6.45) is 8.03. The van der Waals surface area contributed by atoms with Gasteiger partial charge in [-0.15, -0.1) is 5.10 Å². The van der Waals surface area contributed by atoms with E-state index in [1.807, 2.05) is 24.1 Å². The highest BCUT2D eigenvalue weighted by molar-refractivity contribution is 5.38. The van der Waals surface area contributed by atoms with Gasteiger partial charge in [0.05, 0.1) is 11.7 Å². The topological polar surface area (TPSA) is 38.2 Å². The van der Waals surface area contributed by atoms with Crippen molar-refractivity contribution >= 4 is 5.82 Å². The van der Waals surface area contributed by atoms with Crippen molar-refractivity contribution in [2.24, 2.45) is 0 Å². The Kier molecular flexibility index (Phi) is 2.36. The van der Waals surface area contributed by atoms with Gasteiger partial charge in [-0.2, -0.15) is 5.10 Å². The van der Waals surface area contributed by atoms with E-state index in [0.29, 0.717) is 6.04 Å². The van der Waals surface area contributed by atoms with Crippen LogP contribution in [0, 0.1) is 6.92 Å². The molecule has 0 saturated carbocycles. The molecule has 1 saturated heterocycles. The van der Waals surface area contributed by atoms with Gasteiger partial charge in [0.25, 0.3) is 0 Å². The highest BCUT2D eigenvalue weighted by Gasteiger charge is 2.29. The van der Waals surface area contributed by atoms with Crippen molar-refractivity contribution in [1.82, 2.24) is 10.2 Å². The maximum Gasteiger partial charge on any atom is 0.175 e. The van der Waals surface area contributed by atoms with Crippen molar-refractivity contribution in [2.45, 2.75) is 38.3 Å². The Bertz CT molecular complexity index is 401. The summed E-state index contributed by atoms with van der Waals surface area (Å²) in [5.41, 5.74) is 0.930. The minimum Gasteiger partial charge on any atom is -0.264 e. The highest BCUT2D eigenvalue weighted by Crippen LogP contribution is 2.29. The lowest BCUT2D eigenvalue weighted by Gasteiger charge is -2.32. The summed E-state index contributed by atoms with van der Waals surface area (Å²) in [5.74, 6) is 0.812. The fraction of sp³-hybridized carbons (Fsp3) is 0.500. The second kappa shape index (κ2) is 3.87. The summed E-state index contributed by atoms with van der Waals surface area (Å²) in [6.45, 7) is 1.94. The van der Waals surface area contributed by atoms with Gasteiger partial charge in [-0.1, -0.05) is 12.2 Å². The van der Waals surface area contributed by atoms with Crippen LogP contribution in [0.2, 0.25) is 0 Å². The van der Waals surface area contributed by atoms with Crippen molar-refractivity contribution in [2.75, 3.05) is 5.06 Å². The predicted molar refractivity (Wildman–Crippen MR) is 60.9 cm³/mol. The zero-order chi connectivity index (χ0) is 11.0. The maximum absolute atomic E-state index is 5.88. The molecular weight excluding hydrogens is 202 g/mol. The molecule has 84 valence electrons. The average Bonchev–Trinajstić information content (AvgIpc) is 2.64. The monoisotopic (exact) mass is 217 g/mol. The average molecular weight is 217 g/mol. The minimum absolute atomic E-state index is 0.210. The first-order valence-corrected chi connectivity index (χ1v) is 5.77. The van der Waals surface area contributed by atoms with Crippen LogP contribution in [0.1, 0.15) is 25.0 Å². The molecule has 0 radical (unpaired) electrons. The Hall–Kier alpha value is -1.42. The molecular formula is C12H15N3O. The van der Waals surface area contributed by atoms with E-state index in [-0.39, 0.29) is 6.10 Å². The smallest absolute Gasteiger partial charge is 0.175 e. The Labute approximate surface area is 94.9 Å². The van der Waals surface area contributed by atoms with E-state index in [1.54, 1.807) is 0 Å². The third-order valence-electron chi connectivity index (χ3n) is 3.10. The number of hydrogen-bond acceptors (Lipinski definition) is 4. The summed E-state index contributed by atoms with van der Waals surface area (Å²) >= 11 is 0. The number of rotatable bonds is 1. The summed E-state index contributed by atoms with van der Waals surface area (Å²) in [7, 11) is 0. The third kappa shape index (κ3) is 1.69. The number of fused-ring (bicyclic) bond motifs is 3. The number of nitrogens with zero attached hydrogens (tertiary/aromatic N) is 3. The van der Waals surface area contributed by atoms with Crippen molar-refractivity contribution < 1.29 is 4.84 Å². The summed E-state index contributed by atoms with van der Waals surface area (Å²) < 4.78 is 0. The molecule has 1 aromatic rings. The first-order valence-electron chi connectivity index (χ1n) is 5.77. The largest absolute Gasteiger partial charge is 0.264 e. The number of anilines is 1. The molecule has 0 amide bonds. The van der Waals surface area contributed by atoms with Crippen molar-refractivity contribution in [3.63, 3.8) is 0 Å². The van der Waals surface area contributed by atoms with Crippen LogP contribution in [0.25, 0.3) is 0 Å². The summed E-state index contributed by atoms with van der Waals surface area (Å²) in [4.78, 5) is 5.88. The molecule has 1 aromatic heterocycles. The summed E-state index contributed by atoms with van der Waals surface area (Å²) in [6, 6.07) is 4.25. The van der Waals surface area contributed by atoms with Gasteiger partial charge < -0.3 is 0 Å². The third-order valence-corrected chi connectivity index (χ3v) is 3.10. The van der Waals surface area contributed by atoms with Gasteiger partial charge in [-0.3, -0.25) is 4.84 Å². The van der Waals surface area contributed by atoms with E-state index >= 15 is 0 Å². The van der Waals surface area contributed by atoms with Crippen LogP contribution in [-0.2, 0) is 4.84 Å². The second-order valence-electron chi connectivity index (χ2n) is 4.39. The number of aromatic nitrogens is 2. The highest BCUT2D eigenvalue weighted by atomic mass is 16.7. The molecule has 4 nitrogen and oxygen atoms in total. The molecule has 1 aliphatic carbocycles. The van der Waals surface area contributed by atoms with Crippen LogP contribution in [0.4, 0.5) is 5.82 Å². The predicted octanol–water partition coefficient (Wildman–Crippen LogP) is 2.01. The molecule has 4 rings (SSSR count). The van der Waals surface area contributed by atoms with E-state index in [2.05, 4.69) is 22.3 Å². The van der Waals surface area contributed by atoms with Crippen LogP contribution >= 0.6 is 0 Å². The van der Waals surface area contributed by atoms with Crippen LogP contribution in [0.5, 0.6) is 0 Å². The van der Waals surface area contributed by atoms with Crippen molar-refractivity contribution in [1.29, 1.82) is 0 Å². The fourth-order valence-electron chi connectivity index (χ4n) is 2.21. The van der Waals surface area contributed by atoms with Crippen LogP contribution in [-0.4, -0.2) is 22.3 Å². The standard InChI is InChI=1S/C12H15N3O/c1-9-5-8-12(14-13-9)15-10-3-2-4-11(16-15)7-6-10/h5-8,10-11H,2-4H2,1H3. The molecule has 2 unspecified atom stereocenters. The quantitative estimate of drug-likeness (QED) is 0.674. The Morgan fingerprint density at radius 1 is 1.25 bits per heavy atom. The van der Waals surface area contributed by atoms with E-state index in [9.17, 15) is 0 Å². The molecule has 2 aliphatic heterocycles. The van der Waals surface area contributed by atoms with Gasteiger partial charge in [-0.05, 0) is 38.3 Å². The van der Waals surface area contributed by atoms with E-state index < -0.39 is 0 Å². The van der Waals surface area contributed by atoms with Gasteiger partial charge in [0, 0.05) is 0 Å². The SMILES string of the molecule is Cc1ccc(N2OC3C=CC2CCC3)nn1. The first kappa shape index (κ1) is 9.78. The Morgan fingerprint density at radius 3 is 3.00 bits per heavy atom. The van der Waals surface area contributed by atoms with Crippen LogP contribution in [0.3, 0.4) is 0 Å². The van der Waals surface area contributed by atoms with Gasteiger partial charge in [0.2, 0.25) is 0 Å². The van der Waals surface area contributed by atoms with E-state index in [0.717, 1.165) is 24.4 Å². The fourth-order valence-corrected chi connectivity index (χ4v) is 2.21. The Morgan fingerprint density at radius 2 is 2.19 bits per heavy atom. The van der Waals surface area contributed by atoms with Crippen LogP contribution in [0.15, 0.2) is 24.3 Å². The normalized spacial score (nSPS) is 28.2. The number of aryl methyl sites for hydroxylation is 1. The zero-order valence-corrected chi connectivity index (χ0v) is 9.34. The molecule has 3 heterocycles. The first-order chi connectivity index (χ1) is 7.83. The maximum atomic E-state index is 5.88. The second-order valence-corrected chi connectivity index (χ2v) is 4.39. The lowest BCUT2D eigenvalue weighted by atomic mass is 10.1. The molecule has 16 heavy (non-hydrogen) atoms. The van der Waals surface area contributed by atoms with E-state index in [1.165, 1.54) is 6.42 Å². The molecule has 2 atom stereocenters. The summed E-state index contributed by atoms with van der Waals surface area (Å²) in [5, 5.41) is 10.2. The van der Waals surface area contributed by atoms with Gasteiger partial charge >= 0.3 is 0 Å². The molecule has 0 spiro atoms. The minimum atomic E-state index is 0.210. The lowest BCUT2D eigenvalue weighted by molar-refractivity contribution is 0.0492. The number of hydrogen-bond donors (Lipinski definition) is 0. The van der Waals surface area contributed by atoms with Gasteiger partial charge in [0.15, 0.2) is 5.82 Å². The molecule has 0 aromatic carbocycles. The van der Waals surface area contributed by atoms with Crippen LogP contribution < -0.4 is 5.06 Å². The molecule has 3 aliphatic rings. The van der Waals surface area contributed by atoms with Gasteiger partial charge in [0.1, 0.15) is 6.10 Å². The Balaban J connectivity index is 1.90. The molecule has 2 bridgehead atoms. The molecule has 0 N–H and O–H groups in total. The van der Waals surface area contributed by atoms with Crippen molar-refractivity contribution in [3.05, 3.63) is 30.0 Å². The number of hydroxylamine groups is 1. The molecule has 4 heteroatoms.